The molecule has 0 spiro atoms. The fourth-order valence-electron chi connectivity index (χ4n) is 3.45. The molecule has 0 saturated heterocycles. The Hall–Kier alpha value is -3.74. The number of hydrogen-bond acceptors (Lipinski definition) is 5. The van der Waals surface area contributed by atoms with Crippen LogP contribution in [0, 0.1) is 0 Å². The summed E-state index contributed by atoms with van der Waals surface area (Å²) in [4.78, 5) is 13.9. The van der Waals surface area contributed by atoms with Crippen LogP contribution in [0.1, 0.15) is 18.8 Å². The van der Waals surface area contributed by atoms with Gasteiger partial charge >= 0.3 is 0 Å². The second kappa shape index (κ2) is 6.45. The first kappa shape index (κ1) is 16.4. The van der Waals surface area contributed by atoms with E-state index in [0.717, 1.165) is 33.6 Å². The minimum atomic E-state index is -0.0956. The minimum absolute atomic E-state index is 0.0956. The third-order valence-corrected chi connectivity index (χ3v) is 4.83. The molecule has 138 valence electrons. The van der Waals surface area contributed by atoms with Gasteiger partial charge in [0, 0.05) is 12.7 Å². The number of anilines is 1. The van der Waals surface area contributed by atoms with E-state index in [1.165, 1.54) is 0 Å². The van der Waals surface area contributed by atoms with Crippen molar-refractivity contribution in [1.82, 2.24) is 29.3 Å². The van der Waals surface area contributed by atoms with Crippen LogP contribution in [-0.4, -0.2) is 29.3 Å². The Morgan fingerprint density at radius 2 is 1.64 bits per heavy atom. The van der Waals surface area contributed by atoms with Crippen LogP contribution in [0.3, 0.4) is 0 Å². The van der Waals surface area contributed by atoms with Gasteiger partial charge in [-0.3, -0.25) is 9.25 Å². The maximum atomic E-state index is 4.88. The molecule has 0 fully saturated rings. The third kappa shape index (κ3) is 2.68. The predicted octanol–water partition coefficient (Wildman–Crippen LogP) is 3.88. The lowest BCUT2D eigenvalue weighted by Gasteiger charge is -2.16. The SMILES string of the molecule is CC(Nc1ncc2c(cnn2C)n1)c1nc2ccccc2n1-c1ccccc1. The first-order valence-electron chi connectivity index (χ1n) is 9.15. The molecule has 1 unspecified atom stereocenters. The number of nitrogens with one attached hydrogen (secondary N) is 1. The fourth-order valence-corrected chi connectivity index (χ4v) is 3.45. The number of rotatable bonds is 4. The van der Waals surface area contributed by atoms with Crippen molar-refractivity contribution in [3.05, 3.63) is 72.8 Å². The normalized spacial score (nSPS) is 12.5. The van der Waals surface area contributed by atoms with E-state index in [9.17, 15) is 0 Å². The molecule has 5 rings (SSSR count). The Kier molecular flexibility index (Phi) is 3.79. The van der Waals surface area contributed by atoms with Crippen molar-refractivity contribution in [1.29, 1.82) is 0 Å². The molecule has 7 nitrogen and oxygen atoms in total. The molecule has 3 heterocycles. The highest BCUT2D eigenvalue weighted by atomic mass is 15.3. The van der Waals surface area contributed by atoms with Crippen molar-refractivity contribution in [2.45, 2.75) is 13.0 Å². The summed E-state index contributed by atoms with van der Waals surface area (Å²) < 4.78 is 3.94. The van der Waals surface area contributed by atoms with Crippen LogP contribution in [-0.2, 0) is 7.05 Å². The molecule has 28 heavy (non-hydrogen) atoms. The van der Waals surface area contributed by atoms with Gasteiger partial charge in [0.05, 0.1) is 29.5 Å². The van der Waals surface area contributed by atoms with Crippen molar-refractivity contribution < 1.29 is 0 Å². The van der Waals surface area contributed by atoms with E-state index < -0.39 is 0 Å². The molecule has 5 aromatic rings. The fraction of sp³-hybridized carbons (Fsp3) is 0.143. The van der Waals surface area contributed by atoms with Gasteiger partial charge in [0.2, 0.25) is 5.95 Å². The van der Waals surface area contributed by atoms with E-state index in [-0.39, 0.29) is 6.04 Å². The zero-order valence-electron chi connectivity index (χ0n) is 15.6. The molecule has 0 aliphatic rings. The average molecular weight is 369 g/mol. The molecule has 7 heteroatoms. The number of aromatic nitrogens is 6. The van der Waals surface area contributed by atoms with Crippen molar-refractivity contribution >= 4 is 28.0 Å². The molecule has 1 atom stereocenters. The highest BCUT2D eigenvalue weighted by Crippen LogP contribution is 2.26. The van der Waals surface area contributed by atoms with Crippen molar-refractivity contribution in [2.24, 2.45) is 7.05 Å². The highest BCUT2D eigenvalue weighted by molar-refractivity contribution is 5.78. The predicted molar refractivity (Wildman–Crippen MR) is 109 cm³/mol. The van der Waals surface area contributed by atoms with E-state index in [1.807, 2.05) is 43.4 Å². The van der Waals surface area contributed by atoms with E-state index in [2.05, 4.69) is 50.1 Å². The number of aryl methyl sites for hydroxylation is 1. The number of nitrogens with zero attached hydrogens (tertiary/aromatic N) is 6. The third-order valence-electron chi connectivity index (χ3n) is 4.83. The van der Waals surface area contributed by atoms with Gasteiger partial charge < -0.3 is 5.32 Å². The number of benzene rings is 2. The van der Waals surface area contributed by atoms with Crippen LogP contribution >= 0.6 is 0 Å². The Morgan fingerprint density at radius 3 is 2.50 bits per heavy atom. The summed E-state index contributed by atoms with van der Waals surface area (Å²) in [5.41, 5.74) is 4.81. The topological polar surface area (TPSA) is 73.5 Å². The molecule has 2 aromatic carbocycles. The summed E-state index contributed by atoms with van der Waals surface area (Å²) in [7, 11) is 1.88. The van der Waals surface area contributed by atoms with Gasteiger partial charge in [-0.1, -0.05) is 30.3 Å². The van der Waals surface area contributed by atoms with E-state index in [4.69, 9.17) is 4.98 Å². The molecule has 0 saturated carbocycles. The second-order valence-electron chi connectivity index (χ2n) is 6.73. The van der Waals surface area contributed by atoms with Gasteiger partial charge in [-0.05, 0) is 31.2 Å². The van der Waals surface area contributed by atoms with E-state index >= 15 is 0 Å². The molecule has 0 aliphatic heterocycles. The van der Waals surface area contributed by atoms with Crippen LogP contribution in [0.25, 0.3) is 27.8 Å². The van der Waals surface area contributed by atoms with Crippen molar-refractivity contribution in [3.8, 4) is 5.69 Å². The molecule has 0 radical (unpaired) electrons. The van der Waals surface area contributed by atoms with E-state index in [1.54, 1.807) is 17.1 Å². The quantitative estimate of drug-likeness (QED) is 0.520. The Labute approximate surface area is 161 Å². The summed E-state index contributed by atoms with van der Waals surface area (Å²) in [5.74, 6) is 1.46. The molecule has 1 N–H and O–H groups in total. The molecule has 0 aliphatic carbocycles. The molecular weight excluding hydrogens is 350 g/mol. The van der Waals surface area contributed by atoms with Gasteiger partial charge in [0.25, 0.3) is 0 Å². The maximum absolute atomic E-state index is 4.88. The van der Waals surface area contributed by atoms with Crippen LogP contribution in [0.4, 0.5) is 5.95 Å². The summed E-state index contributed by atoms with van der Waals surface area (Å²) in [5, 5.41) is 7.61. The van der Waals surface area contributed by atoms with Crippen molar-refractivity contribution in [3.63, 3.8) is 0 Å². The molecule has 0 amide bonds. The van der Waals surface area contributed by atoms with E-state index in [0.29, 0.717) is 5.95 Å². The molecule has 0 bridgehead atoms. The zero-order chi connectivity index (χ0) is 19.1. The second-order valence-corrected chi connectivity index (χ2v) is 6.73. The van der Waals surface area contributed by atoms with Gasteiger partial charge in [0.15, 0.2) is 0 Å². The maximum Gasteiger partial charge on any atom is 0.223 e. The minimum Gasteiger partial charge on any atom is -0.345 e. The Morgan fingerprint density at radius 1 is 0.857 bits per heavy atom. The lowest BCUT2D eigenvalue weighted by atomic mass is 10.2. The summed E-state index contributed by atoms with van der Waals surface area (Å²) >= 11 is 0. The first-order valence-corrected chi connectivity index (χ1v) is 9.15. The van der Waals surface area contributed by atoms with Gasteiger partial charge in [-0.25, -0.2) is 15.0 Å². The van der Waals surface area contributed by atoms with Crippen LogP contribution in [0.2, 0.25) is 0 Å². The summed E-state index contributed by atoms with van der Waals surface area (Å²) in [6, 6.07) is 18.3. The Bertz CT molecular complexity index is 1270. The molecular formula is C21H19N7. The lowest BCUT2D eigenvalue weighted by molar-refractivity contribution is 0.763. The number of fused-ring (bicyclic) bond motifs is 2. The standard InChI is InChI=1S/C21H19N7/c1-14(24-21-22-13-19-17(26-21)12-23-27(19)2)20-25-16-10-6-7-11-18(16)28(20)15-8-4-3-5-9-15/h3-14H,1-2H3,(H,22,24,26). The van der Waals surface area contributed by atoms with Gasteiger partial charge in [-0.15, -0.1) is 0 Å². The highest BCUT2D eigenvalue weighted by Gasteiger charge is 2.18. The summed E-state index contributed by atoms with van der Waals surface area (Å²) in [6.45, 7) is 2.07. The number of para-hydroxylation sites is 3. The average Bonchev–Trinajstić information content (AvgIpc) is 3.29. The smallest absolute Gasteiger partial charge is 0.223 e. The number of hydrogen-bond donors (Lipinski definition) is 1. The van der Waals surface area contributed by atoms with Crippen LogP contribution in [0.5, 0.6) is 0 Å². The summed E-state index contributed by atoms with van der Waals surface area (Å²) in [6.07, 6.45) is 3.52. The van der Waals surface area contributed by atoms with Gasteiger partial charge in [-0.2, -0.15) is 5.10 Å². The number of imidazole rings is 1. The zero-order valence-corrected chi connectivity index (χ0v) is 15.6. The largest absolute Gasteiger partial charge is 0.345 e. The van der Waals surface area contributed by atoms with Gasteiger partial charge in [0.1, 0.15) is 16.9 Å². The van der Waals surface area contributed by atoms with Crippen molar-refractivity contribution in [2.75, 3.05) is 5.32 Å². The Balaban J connectivity index is 1.57. The lowest BCUT2D eigenvalue weighted by Crippen LogP contribution is -2.14. The van der Waals surface area contributed by atoms with Crippen LogP contribution in [0.15, 0.2) is 67.0 Å². The monoisotopic (exact) mass is 369 g/mol. The first-order chi connectivity index (χ1) is 13.7. The van der Waals surface area contributed by atoms with Crippen LogP contribution < -0.4 is 5.32 Å². The molecule has 3 aromatic heterocycles.